The Kier molecular flexibility index (Phi) is 3.75. The largest absolute Gasteiger partial charge is 0.507 e. The number of hydrogen-bond acceptors (Lipinski definition) is 2. The van der Waals surface area contributed by atoms with Gasteiger partial charge in [0.1, 0.15) is 11.5 Å². The van der Waals surface area contributed by atoms with E-state index in [1.54, 1.807) is 0 Å². The van der Waals surface area contributed by atoms with Crippen molar-refractivity contribution in [3.05, 3.63) is 31.7 Å². The highest BCUT2D eigenvalue weighted by molar-refractivity contribution is 6.55. The number of aromatic hydroxyl groups is 2. The van der Waals surface area contributed by atoms with Gasteiger partial charge in [-0.15, -0.1) is 0 Å². The topological polar surface area (TPSA) is 40.5 Å². The lowest BCUT2D eigenvalue weighted by atomic mass is 10.0. The van der Waals surface area contributed by atoms with Crippen LogP contribution in [0.15, 0.2) is 6.07 Å². The second-order valence-electron chi connectivity index (χ2n) is 3.76. The molecule has 2 nitrogen and oxygen atoms in total. The number of halogens is 4. The summed E-state index contributed by atoms with van der Waals surface area (Å²) in [6.07, 6.45) is 0.531. The summed E-state index contributed by atoms with van der Waals surface area (Å²) in [6, 6.07) is 1.43. The van der Waals surface area contributed by atoms with Gasteiger partial charge < -0.3 is 10.2 Å². The van der Waals surface area contributed by atoms with Crippen LogP contribution in [-0.2, 0) is 6.42 Å². The second-order valence-corrected chi connectivity index (χ2v) is 5.27. The van der Waals surface area contributed by atoms with E-state index in [1.807, 2.05) is 6.92 Å². The maximum absolute atomic E-state index is 10.1. The minimum Gasteiger partial charge on any atom is -0.507 e. The van der Waals surface area contributed by atoms with Crippen molar-refractivity contribution in [2.24, 2.45) is 0 Å². The molecule has 0 saturated heterocycles. The zero-order chi connectivity index (χ0) is 13.6. The molecule has 18 heavy (non-hydrogen) atoms. The molecule has 0 aliphatic rings. The van der Waals surface area contributed by atoms with Crippen molar-refractivity contribution in [2.75, 3.05) is 0 Å². The van der Waals surface area contributed by atoms with Gasteiger partial charge in [-0.25, -0.2) is 0 Å². The normalized spacial score (nSPS) is 11.2. The van der Waals surface area contributed by atoms with Crippen LogP contribution in [0.2, 0.25) is 20.1 Å². The van der Waals surface area contributed by atoms with Gasteiger partial charge in [-0.2, -0.15) is 0 Å². The summed E-state index contributed by atoms with van der Waals surface area (Å²) >= 11 is 24.0. The SMILES string of the molecule is CCc1cc(O)c2c(Cl)c(Cl)c(Cl)c(Cl)c2c1O. The number of aryl methyl sites for hydroxylation is 1. The first kappa shape index (κ1) is 13.9. The van der Waals surface area contributed by atoms with Crippen LogP contribution < -0.4 is 0 Å². The molecule has 6 heteroatoms. The Hall–Kier alpha value is -0.540. The van der Waals surface area contributed by atoms with E-state index in [2.05, 4.69) is 0 Å². The van der Waals surface area contributed by atoms with Crippen molar-refractivity contribution in [3.63, 3.8) is 0 Å². The number of phenolic OH excluding ortho intramolecular Hbond substituents is 2. The van der Waals surface area contributed by atoms with Crippen LogP contribution in [0.5, 0.6) is 11.5 Å². The smallest absolute Gasteiger partial charge is 0.128 e. The van der Waals surface area contributed by atoms with Crippen LogP contribution in [0.4, 0.5) is 0 Å². The highest BCUT2D eigenvalue weighted by atomic mass is 35.5. The molecule has 2 rings (SSSR count). The number of fused-ring (bicyclic) bond motifs is 1. The molecule has 0 amide bonds. The van der Waals surface area contributed by atoms with Crippen LogP contribution >= 0.6 is 46.4 Å². The summed E-state index contributed by atoms with van der Waals surface area (Å²) in [4.78, 5) is 0. The highest BCUT2D eigenvalue weighted by Gasteiger charge is 2.21. The van der Waals surface area contributed by atoms with Gasteiger partial charge in [0.25, 0.3) is 0 Å². The van der Waals surface area contributed by atoms with Crippen LogP contribution in [0.1, 0.15) is 12.5 Å². The zero-order valence-corrected chi connectivity index (χ0v) is 12.2. The Morgan fingerprint density at radius 2 is 1.39 bits per heavy atom. The molecule has 0 heterocycles. The molecule has 0 saturated carbocycles. The van der Waals surface area contributed by atoms with E-state index in [9.17, 15) is 10.2 Å². The predicted octanol–water partition coefficient (Wildman–Crippen LogP) is 5.43. The van der Waals surface area contributed by atoms with Gasteiger partial charge in [-0.05, 0) is 18.1 Å². The molecular formula is C12H8Cl4O2. The van der Waals surface area contributed by atoms with E-state index >= 15 is 0 Å². The third kappa shape index (κ3) is 1.88. The van der Waals surface area contributed by atoms with Gasteiger partial charge in [0, 0.05) is 10.8 Å². The van der Waals surface area contributed by atoms with E-state index in [0.717, 1.165) is 0 Å². The third-order valence-corrected chi connectivity index (χ3v) is 4.56. The molecule has 2 N–H and O–H groups in total. The second kappa shape index (κ2) is 4.86. The molecule has 2 aromatic carbocycles. The van der Waals surface area contributed by atoms with Crippen molar-refractivity contribution >= 4 is 57.2 Å². The van der Waals surface area contributed by atoms with E-state index < -0.39 is 0 Å². The lowest BCUT2D eigenvalue weighted by Gasteiger charge is -2.13. The minimum atomic E-state index is -0.0925. The summed E-state index contributed by atoms with van der Waals surface area (Å²) in [7, 11) is 0. The molecule has 96 valence electrons. The van der Waals surface area contributed by atoms with E-state index in [-0.39, 0.29) is 42.4 Å². The van der Waals surface area contributed by atoms with Crippen LogP contribution in [0.25, 0.3) is 10.8 Å². The van der Waals surface area contributed by atoms with Crippen LogP contribution in [0, 0.1) is 0 Å². The number of hydrogen-bond donors (Lipinski definition) is 2. The highest BCUT2D eigenvalue weighted by Crippen LogP contribution is 2.49. The summed E-state index contributed by atoms with van der Waals surface area (Å²) in [5, 5.41) is 20.8. The zero-order valence-electron chi connectivity index (χ0n) is 9.19. The van der Waals surface area contributed by atoms with Crippen molar-refractivity contribution in [1.29, 1.82) is 0 Å². The van der Waals surface area contributed by atoms with Crippen molar-refractivity contribution in [1.82, 2.24) is 0 Å². The van der Waals surface area contributed by atoms with Gasteiger partial charge in [-0.3, -0.25) is 0 Å². The summed E-state index contributed by atoms with van der Waals surface area (Å²) in [5.74, 6) is -0.138. The van der Waals surface area contributed by atoms with Crippen molar-refractivity contribution in [2.45, 2.75) is 13.3 Å². The van der Waals surface area contributed by atoms with Gasteiger partial charge >= 0.3 is 0 Å². The van der Waals surface area contributed by atoms with Gasteiger partial charge in [-0.1, -0.05) is 53.3 Å². The van der Waals surface area contributed by atoms with Crippen LogP contribution in [0.3, 0.4) is 0 Å². The fourth-order valence-corrected chi connectivity index (χ4v) is 2.87. The van der Waals surface area contributed by atoms with E-state index in [4.69, 9.17) is 46.4 Å². The first-order valence-electron chi connectivity index (χ1n) is 5.09. The molecule has 0 bridgehead atoms. The molecule has 0 spiro atoms. The molecule has 0 aliphatic heterocycles. The maximum atomic E-state index is 10.1. The molecule has 0 aliphatic carbocycles. The molecule has 0 radical (unpaired) electrons. The Morgan fingerprint density at radius 3 is 1.89 bits per heavy atom. The third-order valence-electron chi connectivity index (χ3n) is 2.76. The predicted molar refractivity (Wildman–Crippen MR) is 76.7 cm³/mol. The quantitative estimate of drug-likeness (QED) is 0.417. The molecule has 0 fully saturated rings. The molecule has 0 aromatic heterocycles. The monoisotopic (exact) mass is 324 g/mol. The average Bonchev–Trinajstić information content (AvgIpc) is 2.35. The molecule has 0 atom stereocenters. The maximum Gasteiger partial charge on any atom is 0.128 e. The number of rotatable bonds is 1. The minimum absolute atomic E-state index is 0.0456. The fourth-order valence-electron chi connectivity index (χ4n) is 1.83. The number of benzene rings is 2. The van der Waals surface area contributed by atoms with Crippen LogP contribution in [-0.4, -0.2) is 10.2 Å². The first-order valence-corrected chi connectivity index (χ1v) is 6.60. The lowest BCUT2D eigenvalue weighted by molar-refractivity contribution is 0.464. The average molecular weight is 326 g/mol. The van der Waals surface area contributed by atoms with Gasteiger partial charge in [0.2, 0.25) is 0 Å². The van der Waals surface area contributed by atoms with Gasteiger partial charge in [0.05, 0.1) is 20.1 Å². The first-order chi connectivity index (χ1) is 8.40. The molecule has 0 unspecified atom stereocenters. The summed E-state index contributed by atoms with van der Waals surface area (Å²) in [6.45, 7) is 1.84. The standard InChI is InChI=1S/C12H8Cl4O2/c1-2-4-3-5(17)6-7(12(4)18)9(14)11(16)10(15)8(6)13/h3,17-18H,2H2,1H3. The Morgan fingerprint density at radius 1 is 0.889 bits per heavy atom. The summed E-state index contributed by atoms with van der Waals surface area (Å²) < 4.78 is 0. The fraction of sp³-hybridized carbons (Fsp3) is 0.167. The van der Waals surface area contributed by atoms with E-state index in [1.165, 1.54) is 6.07 Å². The lowest BCUT2D eigenvalue weighted by Crippen LogP contribution is -1.88. The molecular weight excluding hydrogens is 318 g/mol. The Labute approximate surface area is 124 Å². The Balaban J connectivity index is 3.11. The Bertz CT molecular complexity index is 653. The number of phenols is 2. The summed E-state index contributed by atoms with van der Waals surface area (Å²) in [5.41, 5.74) is 0.552. The molecule has 2 aromatic rings. The van der Waals surface area contributed by atoms with Crippen molar-refractivity contribution < 1.29 is 10.2 Å². The van der Waals surface area contributed by atoms with Gasteiger partial charge in [0.15, 0.2) is 0 Å². The van der Waals surface area contributed by atoms with Crippen molar-refractivity contribution in [3.8, 4) is 11.5 Å². The van der Waals surface area contributed by atoms with E-state index in [0.29, 0.717) is 12.0 Å².